The van der Waals surface area contributed by atoms with Crippen LogP contribution in [0.4, 0.5) is 8.78 Å². The molecule has 1 unspecified atom stereocenters. The molecule has 2 aromatic heterocycles. The first-order valence-electron chi connectivity index (χ1n) is 10.7. The van der Waals surface area contributed by atoms with Crippen molar-refractivity contribution in [2.45, 2.75) is 32.1 Å². The quantitative estimate of drug-likeness (QED) is 0.470. The number of oxazole rings is 1. The minimum Gasteiger partial charge on any atom is -0.445 e. The zero-order valence-corrected chi connectivity index (χ0v) is 17.7. The molecule has 2 aromatic carbocycles. The summed E-state index contributed by atoms with van der Waals surface area (Å²) in [4.78, 5) is 22.6. The van der Waals surface area contributed by atoms with Crippen LogP contribution in [0.2, 0.25) is 0 Å². The van der Waals surface area contributed by atoms with Gasteiger partial charge in [-0.05, 0) is 61.2 Å². The van der Waals surface area contributed by atoms with Crippen molar-refractivity contribution in [3.8, 4) is 0 Å². The van der Waals surface area contributed by atoms with Crippen LogP contribution in [0.5, 0.6) is 0 Å². The molecular weight excluding hydrogens is 412 g/mol. The van der Waals surface area contributed by atoms with Gasteiger partial charge in [0.05, 0.1) is 12.1 Å². The number of hydrogen-bond donors (Lipinski definition) is 1. The molecule has 1 aliphatic rings. The largest absolute Gasteiger partial charge is 0.445 e. The Balaban J connectivity index is 1.32. The third-order valence-electron chi connectivity index (χ3n) is 6.13. The monoisotopic (exact) mass is 435 g/mol. The second-order valence-electron chi connectivity index (χ2n) is 8.38. The molecule has 1 aliphatic heterocycles. The Labute approximate surface area is 184 Å². The third-order valence-corrected chi connectivity index (χ3v) is 6.13. The van der Waals surface area contributed by atoms with Crippen LogP contribution in [0.1, 0.15) is 52.0 Å². The number of carbonyl (C=O) groups excluding carboxylic acids is 1. The van der Waals surface area contributed by atoms with Gasteiger partial charge >= 0.3 is 0 Å². The summed E-state index contributed by atoms with van der Waals surface area (Å²) in [5.41, 5.74) is 2.81. The first kappa shape index (κ1) is 20.4. The van der Waals surface area contributed by atoms with E-state index in [2.05, 4.69) is 9.97 Å². The van der Waals surface area contributed by atoms with E-state index >= 15 is 0 Å². The zero-order valence-electron chi connectivity index (χ0n) is 17.7. The highest BCUT2D eigenvalue weighted by Gasteiger charge is 2.30. The standard InChI is InChI=1S/C25H23F2N3O2/c1-15-21-12-19(27)7-8-22(21)29-23(15)25(31)30-9-3-5-17(14-30)24-28-13-20(32-24)11-16-4-2-6-18(26)10-16/h2,4,6-8,10,12-13,17,29H,3,5,9,11,14H2,1H3. The Bertz CT molecular complexity index is 1290. The molecule has 164 valence electrons. The number of nitrogens with one attached hydrogen (secondary N) is 1. The van der Waals surface area contributed by atoms with Crippen molar-refractivity contribution in [1.82, 2.24) is 14.9 Å². The lowest BCUT2D eigenvalue weighted by atomic mass is 9.97. The molecule has 1 fully saturated rings. The average molecular weight is 435 g/mol. The molecule has 1 atom stereocenters. The van der Waals surface area contributed by atoms with Gasteiger partial charge in [-0.3, -0.25) is 4.79 Å². The minimum atomic E-state index is -0.324. The molecule has 4 aromatic rings. The lowest BCUT2D eigenvalue weighted by Gasteiger charge is -2.31. The van der Waals surface area contributed by atoms with Crippen LogP contribution < -0.4 is 0 Å². The van der Waals surface area contributed by atoms with Gasteiger partial charge in [-0.1, -0.05) is 12.1 Å². The van der Waals surface area contributed by atoms with Crippen LogP contribution in [-0.4, -0.2) is 33.9 Å². The Kier molecular flexibility index (Phi) is 5.25. The molecule has 1 amide bonds. The van der Waals surface area contributed by atoms with Crippen molar-refractivity contribution in [1.29, 1.82) is 0 Å². The summed E-state index contributed by atoms with van der Waals surface area (Å²) in [5.74, 6) is 0.562. The number of H-pyrrole nitrogens is 1. The predicted octanol–water partition coefficient (Wildman–Crippen LogP) is 5.35. The second-order valence-corrected chi connectivity index (χ2v) is 8.38. The number of piperidine rings is 1. The topological polar surface area (TPSA) is 62.1 Å². The van der Waals surface area contributed by atoms with Crippen LogP contribution in [0.3, 0.4) is 0 Å². The summed E-state index contributed by atoms with van der Waals surface area (Å²) in [6, 6.07) is 10.9. The smallest absolute Gasteiger partial charge is 0.270 e. The summed E-state index contributed by atoms with van der Waals surface area (Å²) in [7, 11) is 0. The maximum atomic E-state index is 13.6. The van der Waals surface area contributed by atoms with Crippen molar-refractivity contribution in [3.05, 3.63) is 88.8 Å². The molecule has 0 bridgehead atoms. The number of amides is 1. The summed E-state index contributed by atoms with van der Waals surface area (Å²) < 4.78 is 33.0. The number of halogens is 2. The Hall–Kier alpha value is -3.48. The van der Waals surface area contributed by atoms with E-state index in [0.717, 1.165) is 34.9 Å². The molecule has 0 saturated carbocycles. The SMILES string of the molecule is Cc1c(C(=O)N2CCCC(c3ncc(Cc4cccc(F)c4)o3)C2)[nH]c2ccc(F)cc12. The number of aryl methyl sites for hydroxylation is 1. The van der Waals surface area contributed by atoms with E-state index < -0.39 is 0 Å². The Morgan fingerprint density at radius 2 is 2.06 bits per heavy atom. The van der Waals surface area contributed by atoms with E-state index in [1.807, 2.05) is 13.0 Å². The summed E-state index contributed by atoms with van der Waals surface area (Å²) in [6.45, 7) is 2.98. The van der Waals surface area contributed by atoms with E-state index in [9.17, 15) is 13.6 Å². The van der Waals surface area contributed by atoms with E-state index in [1.54, 1.807) is 23.2 Å². The predicted molar refractivity (Wildman–Crippen MR) is 117 cm³/mol. The molecule has 0 spiro atoms. The summed E-state index contributed by atoms with van der Waals surface area (Å²) in [6.07, 6.45) is 3.86. The highest BCUT2D eigenvalue weighted by atomic mass is 19.1. The number of rotatable bonds is 4. The Morgan fingerprint density at radius 3 is 2.91 bits per heavy atom. The maximum absolute atomic E-state index is 13.6. The second kappa shape index (κ2) is 8.22. The van der Waals surface area contributed by atoms with Gasteiger partial charge in [0.25, 0.3) is 5.91 Å². The van der Waals surface area contributed by atoms with E-state index in [4.69, 9.17) is 4.42 Å². The van der Waals surface area contributed by atoms with Crippen molar-refractivity contribution >= 4 is 16.8 Å². The highest BCUT2D eigenvalue weighted by molar-refractivity contribution is 6.01. The highest BCUT2D eigenvalue weighted by Crippen LogP contribution is 2.30. The minimum absolute atomic E-state index is 0.00362. The number of nitrogens with zero attached hydrogens (tertiary/aromatic N) is 2. The molecule has 5 nitrogen and oxygen atoms in total. The lowest BCUT2D eigenvalue weighted by molar-refractivity contribution is 0.0692. The fraction of sp³-hybridized carbons (Fsp3) is 0.280. The van der Waals surface area contributed by atoms with Gasteiger partial charge in [0.1, 0.15) is 23.1 Å². The first-order valence-corrected chi connectivity index (χ1v) is 10.7. The van der Waals surface area contributed by atoms with Gasteiger partial charge in [-0.2, -0.15) is 0 Å². The van der Waals surface area contributed by atoms with Crippen LogP contribution in [0.25, 0.3) is 10.9 Å². The van der Waals surface area contributed by atoms with Gasteiger partial charge in [0, 0.05) is 30.4 Å². The normalized spacial score (nSPS) is 16.6. The molecule has 0 radical (unpaired) electrons. The maximum Gasteiger partial charge on any atom is 0.270 e. The van der Waals surface area contributed by atoms with Crippen LogP contribution >= 0.6 is 0 Å². The third kappa shape index (κ3) is 3.90. The van der Waals surface area contributed by atoms with Crippen molar-refractivity contribution < 1.29 is 18.0 Å². The van der Waals surface area contributed by atoms with Crippen molar-refractivity contribution in [3.63, 3.8) is 0 Å². The number of likely N-dealkylation sites (tertiary alicyclic amines) is 1. The fourth-order valence-electron chi connectivity index (χ4n) is 4.48. The molecular formula is C25H23F2N3O2. The van der Waals surface area contributed by atoms with Crippen LogP contribution in [0.15, 0.2) is 53.1 Å². The Morgan fingerprint density at radius 1 is 1.22 bits per heavy atom. The lowest BCUT2D eigenvalue weighted by Crippen LogP contribution is -2.39. The fourth-order valence-corrected chi connectivity index (χ4v) is 4.48. The van der Waals surface area contributed by atoms with Crippen LogP contribution in [0, 0.1) is 18.6 Å². The molecule has 1 N–H and O–H groups in total. The molecule has 1 saturated heterocycles. The van der Waals surface area contributed by atoms with E-state index in [1.165, 1.54) is 24.3 Å². The average Bonchev–Trinajstić information content (AvgIpc) is 3.38. The molecule has 32 heavy (non-hydrogen) atoms. The molecule has 5 rings (SSSR count). The van der Waals surface area contributed by atoms with Gasteiger partial charge in [0.2, 0.25) is 0 Å². The number of benzene rings is 2. The molecule has 7 heteroatoms. The molecule has 3 heterocycles. The van der Waals surface area contributed by atoms with Crippen molar-refractivity contribution in [2.75, 3.05) is 13.1 Å². The number of carbonyl (C=O) groups is 1. The van der Waals surface area contributed by atoms with Gasteiger partial charge in [-0.15, -0.1) is 0 Å². The van der Waals surface area contributed by atoms with Crippen LogP contribution in [-0.2, 0) is 6.42 Å². The number of aromatic nitrogens is 2. The van der Waals surface area contributed by atoms with Gasteiger partial charge in [-0.25, -0.2) is 13.8 Å². The summed E-state index contributed by atoms with van der Waals surface area (Å²) >= 11 is 0. The number of hydrogen-bond acceptors (Lipinski definition) is 3. The van der Waals surface area contributed by atoms with E-state index in [0.29, 0.717) is 36.9 Å². The first-order chi connectivity index (χ1) is 15.5. The van der Waals surface area contributed by atoms with E-state index in [-0.39, 0.29) is 23.5 Å². The molecule has 0 aliphatic carbocycles. The number of aromatic amines is 1. The summed E-state index contributed by atoms with van der Waals surface area (Å²) in [5, 5.41) is 0.719. The zero-order chi connectivity index (χ0) is 22.2. The van der Waals surface area contributed by atoms with Gasteiger partial charge in [0.15, 0.2) is 5.89 Å². The van der Waals surface area contributed by atoms with Gasteiger partial charge < -0.3 is 14.3 Å². The van der Waals surface area contributed by atoms with Crippen molar-refractivity contribution in [2.24, 2.45) is 0 Å². The number of fused-ring (bicyclic) bond motifs is 1.